The third kappa shape index (κ3) is 7.41. The zero-order valence-electron chi connectivity index (χ0n) is 25.6. The second kappa shape index (κ2) is 14.2. The largest absolute Gasteiger partial charge is 0.492 e. The van der Waals surface area contributed by atoms with Crippen LogP contribution in [0.1, 0.15) is 41.6 Å². The minimum absolute atomic E-state index is 0.0109. The number of fused-ring (bicyclic) bond motifs is 1. The normalized spacial score (nSPS) is 13.9. The fourth-order valence-electron chi connectivity index (χ4n) is 5.39. The second-order valence-corrected chi connectivity index (χ2v) is 11.4. The number of esters is 1. The fraction of sp³-hybridized carbons (Fsp3) is 0.286. The van der Waals surface area contributed by atoms with E-state index < -0.39 is 11.8 Å². The van der Waals surface area contributed by atoms with Gasteiger partial charge in [-0.15, -0.1) is 0 Å². The number of pyridine rings is 1. The number of rotatable bonds is 11. The Kier molecular flexibility index (Phi) is 9.65. The van der Waals surface area contributed by atoms with E-state index in [1.807, 2.05) is 54.9 Å². The van der Waals surface area contributed by atoms with Crippen molar-refractivity contribution in [2.24, 2.45) is 7.05 Å². The van der Waals surface area contributed by atoms with Gasteiger partial charge in [0.2, 0.25) is 5.88 Å². The van der Waals surface area contributed by atoms with Crippen LogP contribution in [0.3, 0.4) is 0 Å². The number of hydrogen-bond donors (Lipinski definition) is 0. The number of para-hydroxylation sites is 1. The molecule has 6 rings (SSSR count). The first-order valence-electron chi connectivity index (χ1n) is 15.2. The van der Waals surface area contributed by atoms with Crippen molar-refractivity contribution in [3.8, 4) is 23.1 Å². The Hall–Kier alpha value is -4.67. The third-order valence-electron chi connectivity index (χ3n) is 7.77. The number of nitrogens with zero attached hydrogens (tertiary/aromatic N) is 4. The van der Waals surface area contributed by atoms with Gasteiger partial charge in [0.1, 0.15) is 35.6 Å². The summed E-state index contributed by atoms with van der Waals surface area (Å²) in [4.78, 5) is 24.8. The van der Waals surface area contributed by atoms with Crippen LogP contribution < -0.4 is 18.9 Å². The average molecular weight is 645 g/mol. The molecule has 0 bridgehead atoms. The molecule has 0 spiro atoms. The molecule has 9 nitrogen and oxygen atoms in total. The van der Waals surface area contributed by atoms with Gasteiger partial charge < -0.3 is 23.5 Å². The highest BCUT2D eigenvalue weighted by molar-refractivity contribution is 6.30. The Labute approximate surface area is 271 Å². The monoisotopic (exact) mass is 644 g/mol. The Balaban J connectivity index is 1.07. The van der Waals surface area contributed by atoms with Gasteiger partial charge >= 0.3 is 5.97 Å². The number of aryl methyl sites for hydroxylation is 1. The Morgan fingerprint density at radius 1 is 0.957 bits per heavy atom. The molecule has 3 aromatic carbocycles. The summed E-state index contributed by atoms with van der Waals surface area (Å²) < 4.78 is 39.3. The lowest BCUT2D eigenvalue weighted by Gasteiger charge is -2.31. The Morgan fingerprint density at radius 3 is 2.52 bits per heavy atom. The van der Waals surface area contributed by atoms with Gasteiger partial charge in [0, 0.05) is 31.2 Å². The van der Waals surface area contributed by atoms with Gasteiger partial charge in [-0.1, -0.05) is 35.9 Å². The maximum atomic E-state index is 14.1. The molecule has 2 aromatic heterocycles. The summed E-state index contributed by atoms with van der Waals surface area (Å²) in [5.41, 5.74) is 2.54. The van der Waals surface area contributed by atoms with Crippen LogP contribution in [0, 0.1) is 5.82 Å². The quantitative estimate of drug-likeness (QED) is 0.112. The van der Waals surface area contributed by atoms with Crippen LogP contribution in [0.25, 0.3) is 11.0 Å². The van der Waals surface area contributed by atoms with Gasteiger partial charge in [-0.2, -0.15) is 0 Å². The maximum Gasteiger partial charge on any atom is 0.343 e. The molecule has 0 radical (unpaired) electrons. The molecule has 11 heteroatoms. The summed E-state index contributed by atoms with van der Waals surface area (Å²) in [7, 11) is 1.95. The highest BCUT2D eigenvalue weighted by Gasteiger charge is 2.24. The van der Waals surface area contributed by atoms with Gasteiger partial charge in [-0.3, -0.25) is 4.90 Å². The number of hydrogen-bond acceptors (Lipinski definition) is 8. The summed E-state index contributed by atoms with van der Waals surface area (Å²) >= 11 is 5.82. The highest BCUT2D eigenvalue weighted by Crippen LogP contribution is 2.30. The Morgan fingerprint density at radius 2 is 1.76 bits per heavy atom. The van der Waals surface area contributed by atoms with Crippen molar-refractivity contribution in [1.29, 1.82) is 0 Å². The maximum absolute atomic E-state index is 14.1. The summed E-state index contributed by atoms with van der Waals surface area (Å²) in [5, 5.41) is 0.311. The molecule has 0 N–H and O–H groups in total. The van der Waals surface area contributed by atoms with Crippen LogP contribution in [0.15, 0.2) is 78.9 Å². The zero-order valence-corrected chi connectivity index (χ0v) is 26.4. The first-order chi connectivity index (χ1) is 22.4. The van der Waals surface area contributed by atoms with Crippen molar-refractivity contribution >= 4 is 28.6 Å². The van der Waals surface area contributed by atoms with Crippen LogP contribution in [0.5, 0.6) is 23.1 Å². The van der Waals surface area contributed by atoms with Gasteiger partial charge in [0.15, 0.2) is 11.6 Å². The minimum Gasteiger partial charge on any atom is -0.492 e. The number of likely N-dealkylation sites (tertiary alicyclic amines) is 1. The number of piperidine rings is 1. The van der Waals surface area contributed by atoms with E-state index in [1.54, 1.807) is 30.3 Å². The first-order valence-corrected chi connectivity index (χ1v) is 15.6. The van der Waals surface area contributed by atoms with Gasteiger partial charge in [0.05, 0.1) is 29.9 Å². The van der Waals surface area contributed by atoms with E-state index in [0.29, 0.717) is 52.3 Å². The van der Waals surface area contributed by atoms with E-state index >= 15 is 0 Å². The molecule has 0 atom stereocenters. The van der Waals surface area contributed by atoms with Crippen LogP contribution in [0.2, 0.25) is 5.02 Å². The summed E-state index contributed by atoms with van der Waals surface area (Å²) in [6, 6.07) is 22.3. The summed E-state index contributed by atoms with van der Waals surface area (Å²) in [6.07, 6.45) is 1.65. The summed E-state index contributed by atoms with van der Waals surface area (Å²) in [5.74, 6) is 1.55. The third-order valence-corrected chi connectivity index (χ3v) is 8.01. The number of ether oxygens (including phenoxy) is 4. The highest BCUT2D eigenvalue weighted by atomic mass is 35.5. The molecule has 0 saturated carbocycles. The molecule has 0 aliphatic carbocycles. The lowest BCUT2D eigenvalue weighted by Crippen LogP contribution is -2.38. The lowest BCUT2D eigenvalue weighted by atomic mass is 10.1. The topological polar surface area (TPSA) is 87.9 Å². The van der Waals surface area contributed by atoms with E-state index in [1.165, 1.54) is 12.1 Å². The predicted octanol–water partition coefficient (Wildman–Crippen LogP) is 7.00. The van der Waals surface area contributed by atoms with E-state index in [-0.39, 0.29) is 18.5 Å². The number of benzene rings is 3. The average Bonchev–Trinajstić information content (AvgIpc) is 3.37. The van der Waals surface area contributed by atoms with Crippen molar-refractivity contribution in [3.05, 3.63) is 107 Å². The van der Waals surface area contributed by atoms with Crippen LogP contribution in [0.4, 0.5) is 4.39 Å². The zero-order chi connectivity index (χ0) is 32.0. The fourth-order valence-corrected chi connectivity index (χ4v) is 5.55. The molecule has 46 heavy (non-hydrogen) atoms. The van der Waals surface area contributed by atoms with Crippen LogP contribution >= 0.6 is 11.6 Å². The van der Waals surface area contributed by atoms with E-state index in [9.17, 15) is 9.18 Å². The van der Waals surface area contributed by atoms with Crippen molar-refractivity contribution in [1.82, 2.24) is 19.4 Å². The molecular weight excluding hydrogens is 611 g/mol. The van der Waals surface area contributed by atoms with Crippen molar-refractivity contribution in [2.45, 2.75) is 39.0 Å². The molecule has 1 saturated heterocycles. The second-order valence-electron chi connectivity index (χ2n) is 11.0. The van der Waals surface area contributed by atoms with Crippen molar-refractivity contribution in [2.75, 3.05) is 19.7 Å². The van der Waals surface area contributed by atoms with Gasteiger partial charge in [-0.05, 0) is 68.3 Å². The van der Waals surface area contributed by atoms with E-state index in [4.69, 9.17) is 35.5 Å². The molecule has 1 aliphatic heterocycles. The summed E-state index contributed by atoms with van der Waals surface area (Å²) in [6.45, 7) is 4.72. The minimum atomic E-state index is -0.520. The molecule has 0 amide bonds. The van der Waals surface area contributed by atoms with Gasteiger partial charge in [-0.25, -0.2) is 19.2 Å². The number of halogens is 2. The smallest absolute Gasteiger partial charge is 0.343 e. The SMILES string of the molecule is CCOc1cc(C(=O)Oc2ccccc2)cc2c1nc(CN1CCC(Oc3cccc(COc4ccc(Cl)cc4F)n3)CC1)n2C. The number of imidazole rings is 1. The predicted molar refractivity (Wildman–Crippen MR) is 172 cm³/mol. The molecule has 1 fully saturated rings. The number of carbonyl (C=O) groups excluding carboxylic acids is 1. The standard InChI is InChI=1S/C35H34ClFN4O5/c1-3-43-31-19-23(35(42)46-26-9-5-4-6-10-26)18-29-34(31)39-32(40(29)2)21-41-16-14-27(15-17-41)45-33-11-7-8-25(38-33)22-44-30-13-12-24(36)20-28(30)37/h4-13,18-20,27H,3,14-17,21-22H2,1-2H3. The van der Waals surface area contributed by atoms with E-state index in [0.717, 1.165) is 37.3 Å². The first kappa shape index (κ1) is 31.3. The van der Waals surface area contributed by atoms with Gasteiger partial charge in [0.25, 0.3) is 0 Å². The Bertz CT molecular complexity index is 1830. The molecule has 1 aliphatic rings. The van der Waals surface area contributed by atoms with E-state index in [2.05, 4.69) is 9.88 Å². The van der Waals surface area contributed by atoms with Crippen LogP contribution in [-0.4, -0.2) is 51.2 Å². The number of carbonyl (C=O) groups is 1. The van der Waals surface area contributed by atoms with Crippen molar-refractivity contribution in [3.63, 3.8) is 0 Å². The van der Waals surface area contributed by atoms with Crippen molar-refractivity contribution < 1.29 is 28.1 Å². The lowest BCUT2D eigenvalue weighted by molar-refractivity contribution is 0.0734. The molecular formula is C35H34ClFN4O5. The van der Waals surface area contributed by atoms with Crippen LogP contribution in [-0.2, 0) is 20.2 Å². The molecule has 3 heterocycles. The number of aromatic nitrogens is 3. The molecule has 5 aromatic rings. The molecule has 238 valence electrons. The molecule has 0 unspecified atom stereocenters.